The van der Waals surface area contributed by atoms with Gasteiger partial charge in [-0.3, -0.25) is 9.59 Å². The smallest absolute Gasteiger partial charge is 0.262 e. The summed E-state index contributed by atoms with van der Waals surface area (Å²) in [5.74, 6) is -0.0906. The Labute approximate surface area is 169 Å². The van der Waals surface area contributed by atoms with E-state index in [1.165, 1.54) is 11.3 Å². The zero-order valence-corrected chi connectivity index (χ0v) is 16.8. The van der Waals surface area contributed by atoms with Gasteiger partial charge in [-0.1, -0.05) is 62.4 Å². The normalized spacial score (nSPS) is 11.8. The predicted octanol–water partition coefficient (Wildman–Crippen LogP) is 4.85. The number of rotatable bonds is 7. The van der Waals surface area contributed by atoms with Crippen LogP contribution in [-0.4, -0.2) is 17.9 Å². The lowest BCUT2D eigenvalue weighted by Crippen LogP contribution is -2.45. The molecule has 0 spiro atoms. The molecule has 3 rings (SSSR count). The number of anilines is 1. The molecule has 3 aromatic rings. The lowest BCUT2D eigenvalue weighted by Gasteiger charge is -2.19. The van der Waals surface area contributed by atoms with E-state index in [-0.39, 0.29) is 11.8 Å². The first-order valence-electron chi connectivity index (χ1n) is 9.32. The van der Waals surface area contributed by atoms with Crippen molar-refractivity contribution in [3.05, 3.63) is 88.1 Å². The van der Waals surface area contributed by atoms with Crippen LogP contribution in [0.1, 0.15) is 40.6 Å². The number of carbonyl (C=O) groups excluding carboxylic acids is 2. The fraction of sp³-hybridized carbons (Fsp3) is 0.217. The summed E-state index contributed by atoms with van der Waals surface area (Å²) in [6.45, 7) is 4.22. The maximum absolute atomic E-state index is 13.0. The maximum Gasteiger partial charge on any atom is 0.262 e. The number of amides is 2. The lowest BCUT2D eigenvalue weighted by molar-refractivity contribution is -0.118. The van der Waals surface area contributed by atoms with Gasteiger partial charge in [0.2, 0.25) is 5.91 Å². The van der Waals surface area contributed by atoms with Crippen LogP contribution in [0.25, 0.3) is 0 Å². The minimum atomic E-state index is -0.667. The van der Waals surface area contributed by atoms with Crippen molar-refractivity contribution in [1.29, 1.82) is 0 Å². The molecule has 2 aromatic carbocycles. The van der Waals surface area contributed by atoms with Crippen LogP contribution in [0.15, 0.2) is 72.1 Å². The number of benzene rings is 2. The highest BCUT2D eigenvalue weighted by Crippen LogP contribution is 2.19. The molecule has 0 saturated carbocycles. The Balaban J connectivity index is 1.77. The van der Waals surface area contributed by atoms with Crippen molar-refractivity contribution in [3.63, 3.8) is 0 Å². The molecule has 1 aromatic heterocycles. The number of carbonyl (C=O) groups is 2. The first-order chi connectivity index (χ1) is 13.5. The van der Waals surface area contributed by atoms with Gasteiger partial charge in [-0.15, -0.1) is 11.3 Å². The van der Waals surface area contributed by atoms with Crippen molar-refractivity contribution < 1.29 is 9.59 Å². The minimum absolute atomic E-state index is 0.227. The molecule has 5 heteroatoms. The van der Waals surface area contributed by atoms with Crippen molar-refractivity contribution in [2.24, 2.45) is 0 Å². The standard InChI is InChI=1S/C23H24N2O2S/c1-16(2)18-10-6-11-19(15-18)24-22(26)20(14-17-8-4-3-5-9-17)25-23(27)21-12-7-13-28-21/h3-13,15-16,20H,14H2,1-2H3,(H,24,26)(H,25,27). The van der Waals surface area contributed by atoms with E-state index < -0.39 is 6.04 Å². The second-order valence-corrected chi connectivity index (χ2v) is 7.91. The van der Waals surface area contributed by atoms with Crippen LogP contribution < -0.4 is 10.6 Å². The van der Waals surface area contributed by atoms with E-state index in [2.05, 4.69) is 24.5 Å². The number of hydrogen-bond donors (Lipinski definition) is 2. The quantitative estimate of drug-likeness (QED) is 0.604. The van der Waals surface area contributed by atoms with E-state index >= 15 is 0 Å². The van der Waals surface area contributed by atoms with Gasteiger partial charge in [0, 0.05) is 12.1 Å². The van der Waals surface area contributed by atoms with Gasteiger partial charge in [-0.2, -0.15) is 0 Å². The highest BCUT2D eigenvalue weighted by molar-refractivity contribution is 7.12. The molecule has 1 heterocycles. The van der Waals surface area contributed by atoms with E-state index in [9.17, 15) is 9.59 Å². The number of thiophene rings is 1. The first kappa shape index (κ1) is 19.8. The highest BCUT2D eigenvalue weighted by Gasteiger charge is 2.22. The molecule has 1 unspecified atom stereocenters. The largest absolute Gasteiger partial charge is 0.339 e. The van der Waals surface area contributed by atoms with Crippen LogP contribution in [0.2, 0.25) is 0 Å². The summed E-state index contributed by atoms with van der Waals surface area (Å²) in [4.78, 5) is 26.1. The first-order valence-corrected chi connectivity index (χ1v) is 10.2. The molecule has 2 amide bonds. The molecule has 0 radical (unpaired) electrons. The Morgan fingerprint density at radius 2 is 1.75 bits per heavy atom. The van der Waals surface area contributed by atoms with E-state index in [0.29, 0.717) is 17.2 Å². The second kappa shape index (κ2) is 9.33. The van der Waals surface area contributed by atoms with Gasteiger partial charge in [0.15, 0.2) is 0 Å². The van der Waals surface area contributed by atoms with Gasteiger partial charge in [-0.05, 0) is 40.6 Å². The lowest BCUT2D eigenvalue weighted by atomic mass is 10.0. The molecule has 4 nitrogen and oxygen atoms in total. The summed E-state index contributed by atoms with van der Waals surface area (Å²) < 4.78 is 0. The molecule has 0 aliphatic heterocycles. The fourth-order valence-corrected chi connectivity index (χ4v) is 3.53. The van der Waals surface area contributed by atoms with Gasteiger partial charge in [0.1, 0.15) is 6.04 Å². The summed E-state index contributed by atoms with van der Waals surface area (Å²) >= 11 is 1.36. The molecule has 0 saturated heterocycles. The maximum atomic E-state index is 13.0. The highest BCUT2D eigenvalue weighted by atomic mass is 32.1. The summed E-state index contributed by atoms with van der Waals surface area (Å²) in [6.07, 6.45) is 0.424. The van der Waals surface area contributed by atoms with Crippen LogP contribution in [0.4, 0.5) is 5.69 Å². The Hall–Kier alpha value is -2.92. The van der Waals surface area contributed by atoms with Crippen LogP contribution in [0.3, 0.4) is 0 Å². The zero-order valence-electron chi connectivity index (χ0n) is 16.0. The van der Waals surface area contributed by atoms with Gasteiger partial charge in [-0.25, -0.2) is 0 Å². The zero-order chi connectivity index (χ0) is 19.9. The van der Waals surface area contributed by atoms with Crippen LogP contribution in [0.5, 0.6) is 0 Å². The van der Waals surface area contributed by atoms with Gasteiger partial charge < -0.3 is 10.6 Å². The van der Waals surface area contributed by atoms with Crippen LogP contribution in [-0.2, 0) is 11.2 Å². The average Bonchev–Trinajstić information content (AvgIpc) is 3.23. The third kappa shape index (κ3) is 5.30. The molecular weight excluding hydrogens is 368 g/mol. The molecule has 0 aliphatic carbocycles. The van der Waals surface area contributed by atoms with Crippen molar-refractivity contribution in [1.82, 2.24) is 5.32 Å². The number of hydrogen-bond acceptors (Lipinski definition) is 3. The SMILES string of the molecule is CC(C)c1cccc(NC(=O)C(Cc2ccccc2)NC(=O)c2cccs2)c1. The van der Waals surface area contributed by atoms with E-state index in [1.807, 2.05) is 66.0 Å². The minimum Gasteiger partial charge on any atom is -0.339 e. The molecule has 0 aliphatic rings. The molecule has 1 atom stereocenters. The number of nitrogens with one attached hydrogen (secondary N) is 2. The Morgan fingerprint density at radius 1 is 0.964 bits per heavy atom. The fourth-order valence-electron chi connectivity index (χ4n) is 2.90. The Morgan fingerprint density at radius 3 is 2.43 bits per heavy atom. The summed E-state index contributed by atoms with van der Waals surface area (Å²) in [5, 5.41) is 7.69. The molecule has 28 heavy (non-hydrogen) atoms. The van der Waals surface area contributed by atoms with Gasteiger partial charge >= 0.3 is 0 Å². The van der Waals surface area contributed by atoms with Crippen molar-refractivity contribution in [2.45, 2.75) is 32.2 Å². The predicted molar refractivity (Wildman–Crippen MR) is 115 cm³/mol. The Bertz CT molecular complexity index is 921. The third-order valence-electron chi connectivity index (χ3n) is 4.47. The van der Waals surface area contributed by atoms with Gasteiger partial charge in [0.05, 0.1) is 4.88 Å². The van der Waals surface area contributed by atoms with Crippen molar-refractivity contribution in [2.75, 3.05) is 5.32 Å². The summed E-state index contributed by atoms with van der Waals surface area (Å²) in [6, 6.07) is 20.4. The third-order valence-corrected chi connectivity index (χ3v) is 5.34. The molecular formula is C23H24N2O2S. The molecule has 0 bridgehead atoms. The van der Waals surface area contributed by atoms with E-state index in [0.717, 1.165) is 16.8 Å². The topological polar surface area (TPSA) is 58.2 Å². The molecule has 0 fully saturated rings. The van der Waals surface area contributed by atoms with Crippen LogP contribution >= 0.6 is 11.3 Å². The van der Waals surface area contributed by atoms with Crippen LogP contribution in [0, 0.1) is 0 Å². The van der Waals surface area contributed by atoms with E-state index in [1.54, 1.807) is 6.07 Å². The van der Waals surface area contributed by atoms with E-state index in [4.69, 9.17) is 0 Å². The molecule has 2 N–H and O–H groups in total. The average molecular weight is 393 g/mol. The molecule has 144 valence electrons. The summed E-state index contributed by atoms with van der Waals surface area (Å²) in [5.41, 5.74) is 2.88. The second-order valence-electron chi connectivity index (χ2n) is 6.96. The van der Waals surface area contributed by atoms with Crippen molar-refractivity contribution >= 4 is 28.8 Å². The monoisotopic (exact) mass is 392 g/mol. The van der Waals surface area contributed by atoms with Gasteiger partial charge in [0.25, 0.3) is 5.91 Å². The summed E-state index contributed by atoms with van der Waals surface area (Å²) in [7, 11) is 0. The van der Waals surface area contributed by atoms with Crippen molar-refractivity contribution in [3.8, 4) is 0 Å². The Kier molecular flexibility index (Phi) is 6.61.